The average molecular weight is 231 g/mol. The van der Waals surface area contributed by atoms with Crippen LogP contribution < -0.4 is 0 Å². The molecular weight excluding hydrogens is 223 g/mol. The van der Waals surface area contributed by atoms with Crippen molar-refractivity contribution in [3.63, 3.8) is 0 Å². The van der Waals surface area contributed by atoms with Crippen LogP contribution in [0.3, 0.4) is 0 Å². The third-order valence-electron chi connectivity index (χ3n) is 2.02. The second-order valence-corrected chi connectivity index (χ2v) is 2.83. The molecule has 1 N–H and O–H groups in total. The molecule has 14 heavy (non-hydrogen) atoms. The van der Waals surface area contributed by atoms with E-state index in [0.717, 1.165) is 10.8 Å². The fourth-order valence-corrected chi connectivity index (χ4v) is 1.41. The molecule has 2 aromatic carbocycles. The van der Waals surface area contributed by atoms with Crippen molar-refractivity contribution in [1.82, 2.24) is 0 Å². The Labute approximate surface area is 91.8 Å². The first-order valence-electron chi connectivity index (χ1n) is 4.00. The van der Waals surface area contributed by atoms with Gasteiger partial charge in [-0.05, 0) is 16.8 Å². The largest absolute Gasteiger partial charge is 0.478 e. The summed E-state index contributed by atoms with van der Waals surface area (Å²) in [6, 6.07) is 12.7. The Morgan fingerprint density at radius 2 is 1.64 bits per heavy atom. The molecular formula is C11H8CoO2. The second-order valence-electron chi connectivity index (χ2n) is 2.83. The molecule has 0 aromatic heterocycles. The number of fused-ring (bicyclic) bond motifs is 1. The number of carboxylic acids is 1. The first-order chi connectivity index (χ1) is 6.29. The SMILES string of the molecule is O=C(O)c1cccc2ccccc12.[Co]. The van der Waals surface area contributed by atoms with Gasteiger partial charge in [-0.3, -0.25) is 0 Å². The van der Waals surface area contributed by atoms with Gasteiger partial charge in [0, 0.05) is 16.8 Å². The van der Waals surface area contributed by atoms with Gasteiger partial charge in [0.2, 0.25) is 0 Å². The zero-order valence-electron chi connectivity index (χ0n) is 7.23. The maximum absolute atomic E-state index is 10.8. The molecule has 0 aliphatic heterocycles. The average Bonchev–Trinajstić information content (AvgIpc) is 2.17. The molecule has 3 heteroatoms. The van der Waals surface area contributed by atoms with Crippen LogP contribution in [0, 0.1) is 0 Å². The van der Waals surface area contributed by atoms with Crippen LogP contribution in [-0.2, 0) is 16.8 Å². The molecule has 0 saturated carbocycles. The van der Waals surface area contributed by atoms with E-state index < -0.39 is 5.97 Å². The zero-order valence-corrected chi connectivity index (χ0v) is 8.27. The second kappa shape index (κ2) is 4.26. The van der Waals surface area contributed by atoms with Crippen LogP contribution in [0.25, 0.3) is 10.8 Å². The summed E-state index contributed by atoms with van der Waals surface area (Å²) < 4.78 is 0. The summed E-state index contributed by atoms with van der Waals surface area (Å²) in [6.07, 6.45) is 0. The smallest absolute Gasteiger partial charge is 0.336 e. The topological polar surface area (TPSA) is 37.3 Å². The molecule has 0 aliphatic rings. The molecule has 0 amide bonds. The fourth-order valence-electron chi connectivity index (χ4n) is 1.41. The maximum Gasteiger partial charge on any atom is 0.336 e. The van der Waals surface area contributed by atoms with E-state index >= 15 is 0 Å². The van der Waals surface area contributed by atoms with Crippen molar-refractivity contribution in [1.29, 1.82) is 0 Å². The number of hydrogen-bond acceptors (Lipinski definition) is 1. The van der Waals surface area contributed by atoms with E-state index in [1.54, 1.807) is 12.1 Å². The standard InChI is InChI=1S/C11H8O2.Co/c12-11(13)10-7-3-5-8-4-1-2-6-9(8)10;/h1-7H,(H,12,13);. The molecule has 0 bridgehead atoms. The van der Waals surface area contributed by atoms with E-state index in [1.807, 2.05) is 30.3 Å². The quantitative estimate of drug-likeness (QED) is 0.818. The van der Waals surface area contributed by atoms with Crippen LogP contribution in [0.15, 0.2) is 42.5 Å². The van der Waals surface area contributed by atoms with Crippen molar-refractivity contribution in [2.75, 3.05) is 0 Å². The predicted octanol–water partition coefficient (Wildman–Crippen LogP) is 2.54. The van der Waals surface area contributed by atoms with Gasteiger partial charge >= 0.3 is 5.97 Å². The minimum atomic E-state index is -0.878. The summed E-state index contributed by atoms with van der Waals surface area (Å²) in [7, 11) is 0. The summed E-state index contributed by atoms with van der Waals surface area (Å²) in [6.45, 7) is 0. The Kier molecular flexibility index (Phi) is 3.27. The molecule has 0 saturated heterocycles. The maximum atomic E-state index is 10.8. The summed E-state index contributed by atoms with van der Waals surface area (Å²) in [4.78, 5) is 10.8. The van der Waals surface area contributed by atoms with E-state index in [-0.39, 0.29) is 16.8 Å². The molecule has 2 rings (SSSR count). The zero-order chi connectivity index (χ0) is 9.26. The van der Waals surface area contributed by atoms with Crippen LogP contribution in [0.1, 0.15) is 10.4 Å². The molecule has 0 atom stereocenters. The van der Waals surface area contributed by atoms with E-state index in [9.17, 15) is 4.79 Å². The van der Waals surface area contributed by atoms with Gasteiger partial charge in [-0.2, -0.15) is 0 Å². The molecule has 1 radical (unpaired) electrons. The summed E-state index contributed by atoms with van der Waals surface area (Å²) in [5.74, 6) is -0.878. The van der Waals surface area contributed by atoms with Crippen LogP contribution in [0.4, 0.5) is 0 Å². The molecule has 0 fully saturated rings. The van der Waals surface area contributed by atoms with Crippen molar-refractivity contribution < 1.29 is 26.7 Å². The number of carboxylic acid groups (broad SMARTS) is 1. The van der Waals surface area contributed by atoms with E-state index in [0.29, 0.717) is 5.56 Å². The van der Waals surface area contributed by atoms with Gasteiger partial charge in [-0.15, -0.1) is 0 Å². The monoisotopic (exact) mass is 231 g/mol. The van der Waals surface area contributed by atoms with Gasteiger partial charge in [0.15, 0.2) is 0 Å². The number of carbonyl (C=O) groups is 1. The molecule has 0 heterocycles. The summed E-state index contributed by atoms with van der Waals surface area (Å²) >= 11 is 0. The number of benzene rings is 2. The number of hydrogen-bond donors (Lipinski definition) is 1. The van der Waals surface area contributed by atoms with E-state index in [2.05, 4.69) is 0 Å². The molecule has 0 aliphatic carbocycles. The van der Waals surface area contributed by atoms with Gasteiger partial charge in [-0.1, -0.05) is 36.4 Å². The molecule has 73 valence electrons. The van der Waals surface area contributed by atoms with Crippen molar-refractivity contribution >= 4 is 16.7 Å². The van der Waals surface area contributed by atoms with Crippen molar-refractivity contribution in [2.45, 2.75) is 0 Å². The van der Waals surface area contributed by atoms with Crippen molar-refractivity contribution in [3.8, 4) is 0 Å². The predicted molar refractivity (Wildman–Crippen MR) is 50.9 cm³/mol. The third kappa shape index (κ3) is 1.78. The Hall–Kier alpha value is -1.32. The number of rotatable bonds is 1. The Bertz CT molecular complexity index is 460. The minimum Gasteiger partial charge on any atom is -0.478 e. The molecule has 0 spiro atoms. The van der Waals surface area contributed by atoms with E-state index in [4.69, 9.17) is 5.11 Å². The first-order valence-corrected chi connectivity index (χ1v) is 4.00. The van der Waals surface area contributed by atoms with Gasteiger partial charge in [0.1, 0.15) is 0 Å². The van der Waals surface area contributed by atoms with E-state index in [1.165, 1.54) is 0 Å². The Morgan fingerprint density at radius 3 is 2.36 bits per heavy atom. The van der Waals surface area contributed by atoms with Crippen LogP contribution in [0.5, 0.6) is 0 Å². The van der Waals surface area contributed by atoms with Gasteiger partial charge < -0.3 is 5.11 Å². The van der Waals surface area contributed by atoms with Crippen LogP contribution >= 0.6 is 0 Å². The molecule has 2 nitrogen and oxygen atoms in total. The summed E-state index contributed by atoms with van der Waals surface area (Å²) in [5, 5.41) is 10.6. The first kappa shape index (κ1) is 10.8. The molecule has 2 aromatic rings. The van der Waals surface area contributed by atoms with Crippen LogP contribution in [0.2, 0.25) is 0 Å². The van der Waals surface area contributed by atoms with Crippen molar-refractivity contribution in [2.24, 2.45) is 0 Å². The normalized spacial score (nSPS) is 9.43. The Balaban J connectivity index is 0.000000980. The van der Waals surface area contributed by atoms with Gasteiger partial charge in [0.25, 0.3) is 0 Å². The number of aromatic carboxylic acids is 1. The van der Waals surface area contributed by atoms with Gasteiger partial charge in [-0.25, -0.2) is 4.79 Å². The van der Waals surface area contributed by atoms with Crippen molar-refractivity contribution in [3.05, 3.63) is 48.0 Å². The fraction of sp³-hybridized carbons (Fsp3) is 0. The minimum absolute atomic E-state index is 0. The van der Waals surface area contributed by atoms with Crippen LogP contribution in [-0.4, -0.2) is 11.1 Å². The van der Waals surface area contributed by atoms with Gasteiger partial charge in [0.05, 0.1) is 5.56 Å². The molecule has 0 unspecified atom stereocenters. The Morgan fingerprint density at radius 1 is 1.00 bits per heavy atom. The summed E-state index contributed by atoms with van der Waals surface area (Å²) in [5.41, 5.74) is 0.359. The third-order valence-corrected chi connectivity index (χ3v) is 2.02.